The highest BCUT2D eigenvalue weighted by atomic mass is 35.5. The number of nitrogens with zero attached hydrogens (tertiary/aromatic N) is 1. The molecule has 2 aromatic rings. The predicted molar refractivity (Wildman–Crippen MR) is 136 cm³/mol. The average Bonchev–Trinajstić information content (AvgIpc) is 3.63. The van der Waals surface area contributed by atoms with E-state index in [9.17, 15) is 14.0 Å². The summed E-state index contributed by atoms with van der Waals surface area (Å²) in [5, 5.41) is 6.52. The Morgan fingerprint density at radius 2 is 1.81 bits per heavy atom. The van der Waals surface area contributed by atoms with Crippen LogP contribution >= 0.6 is 11.6 Å². The van der Waals surface area contributed by atoms with Gasteiger partial charge in [0.1, 0.15) is 5.82 Å². The number of aromatic nitrogens is 1. The molecule has 5 aliphatic carbocycles. The van der Waals surface area contributed by atoms with Gasteiger partial charge >= 0.3 is 0 Å². The van der Waals surface area contributed by atoms with Crippen LogP contribution in [0.25, 0.3) is 0 Å². The molecular formula is C28H32ClFN4O2. The number of rotatable bonds is 7. The van der Waals surface area contributed by atoms with Gasteiger partial charge in [-0.25, -0.2) is 4.39 Å². The first-order valence-electron chi connectivity index (χ1n) is 13.0. The Bertz CT molecular complexity index is 1170. The van der Waals surface area contributed by atoms with Crippen molar-refractivity contribution in [1.82, 2.24) is 10.3 Å². The van der Waals surface area contributed by atoms with Crippen LogP contribution in [0.4, 0.5) is 10.1 Å². The molecular weight excluding hydrogens is 479 g/mol. The molecule has 7 rings (SSSR count). The van der Waals surface area contributed by atoms with Gasteiger partial charge in [0.15, 0.2) is 0 Å². The standard InChI is InChI=1S/C28H32ClFN4O2/c29-19-1-2-21(22(30)11-19)27(5-6-27)15-33-25(35)24(31)23-17-9-16-10-18(23)14-28(12-16,13-17)26(36)34-20-3-7-32-8-4-20/h1-4,7-8,11,16-18,23-24H,5-6,9-10,12-15,31H2,(H,33,35)(H,32,34,36). The summed E-state index contributed by atoms with van der Waals surface area (Å²) in [6, 6.07) is 7.76. The van der Waals surface area contributed by atoms with Gasteiger partial charge in [-0.3, -0.25) is 14.6 Å². The van der Waals surface area contributed by atoms with Gasteiger partial charge in [0.2, 0.25) is 11.8 Å². The van der Waals surface area contributed by atoms with Crippen molar-refractivity contribution < 1.29 is 14.0 Å². The van der Waals surface area contributed by atoms with Crippen LogP contribution in [0.2, 0.25) is 5.02 Å². The minimum atomic E-state index is -0.619. The summed E-state index contributed by atoms with van der Waals surface area (Å²) in [6.45, 7) is 0.376. The monoisotopic (exact) mass is 510 g/mol. The lowest BCUT2D eigenvalue weighted by atomic mass is 9.45. The summed E-state index contributed by atoms with van der Waals surface area (Å²) in [5.41, 5.74) is 7.24. The lowest BCUT2D eigenvalue weighted by Gasteiger charge is -2.60. The summed E-state index contributed by atoms with van der Waals surface area (Å²) in [5.74, 6) is 0.724. The number of benzene rings is 1. The van der Waals surface area contributed by atoms with E-state index in [0.717, 1.165) is 50.6 Å². The van der Waals surface area contributed by atoms with E-state index in [1.54, 1.807) is 24.5 Å². The lowest BCUT2D eigenvalue weighted by Crippen LogP contribution is -2.61. The highest BCUT2D eigenvalue weighted by Gasteiger charge is 2.60. The van der Waals surface area contributed by atoms with Crippen LogP contribution in [0.15, 0.2) is 42.7 Å². The molecule has 0 radical (unpaired) electrons. The number of carbonyl (C=O) groups is 2. The van der Waals surface area contributed by atoms with Crippen molar-refractivity contribution in [2.45, 2.75) is 56.4 Å². The first kappa shape index (κ1) is 23.9. The first-order chi connectivity index (χ1) is 17.3. The third kappa shape index (κ3) is 4.10. The summed E-state index contributed by atoms with van der Waals surface area (Å²) >= 11 is 5.92. The molecule has 2 amide bonds. The zero-order chi connectivity index (χ0) is 25.1. The fourth-order valence-electron chi connectivity index (χ4n) is 7.79. The molecule has 4 N–H and O–H groups in total. The number of halogens is 2. The minimum Gasteiger partial charge on any atom is -0.354 e. The molecule has 0 aliphatic heterocycles. The highest BCUT2D eigenvalue weighted by Crippen LogP contribution is 2.63. The van der Waals surface area contributed by atoms with Gasteiger partial charge < -0.3 is 16.4 Å². The van der Waals surface area contributed by atoms with E-state index in [1.165, 1.54) is 6.07 Å². The quantitative estimate of drug-likeness (QED) is 0.513. The van der Waals surface area contributed by atoms with Crippen molar-refractivity contribution in [3.8, 4) is 0 Å². The van der Waals surface area contributed by atoms with Gasteiger partial charge in [0.25, 0.3) is 0 Å². The molecule has 3 atom stereocenters. The van der Waals surface area contributed by atoms with Gasteiger partial charge in [-0.1, -0.05) is 17.7 Å². The van der Waals surface area contributed by atoms with Crippen molar-refractivity contribution in [2.24, 2.45) is 34.8 Å². The maximum absolute atomic E-state index is 14.5. The topological polar surface area (TPSA) is 97.1 Å². The molecule has 5 aliphatic rings. The van der Waals surface area contributed by atoms with E-state index in [2.05, 4.69) is 15.6 Å². The number of nitrogens with two attached hydrogens (primary N) is 1. The van der Waals surface area contributed by atoms with Crippen molar-refractivity contribution in [2.75, 3.05) is 11.9 Å². The maximum atomic E-state index is 14.5. The van der Waals surface area contributed by atoms with Crippen LogP contribution in [-0.2, 0) is 15.0 Å². The number of anilines is 1. The van der Waals surface area contributed by atoms with Crippen molar-refractivity contribution >= 4 is 29.1 Å². The van der Waals surface area contributed by atoms with Gasteiger partial charge in [-0.15, -0.1) is 0 Å². The normalized spacial score (nSPS) is 32.1. The van der Waals surface area contributed by atoms with Gasteiger partial charge in [0, 0.05) is 35.1 Å². The number of hydrogen-bond donors (Lipinski definition) is 3. The highest BCUT2D eigenvalue weighted by molar-refractivity contribution is 6.30. The number of pyridine rings is 1. The Labute approximate surface area is 215 Å². The third-order valence-electron chi connectivity index (χ3n) is 9.44. The van der Waals surface area contributed by atoms with E-state index in [4.69, 9.17) is 17.3 Å². The second kappa shape index (κ2) is 8.80. The van der Waals surface area contributed by atoms with Crippen LogP contribution in [0.3, 0.4) is 0 Å². The molecule has 8 heteroatoms. The summed E-state index contributed by atoms with van der Waals surface area (Å²) < 4.78 is 14.5. The van der Waals surface area contributed by atoms with E-state index in [-0.39, 0.29) is 46.2 Å². The third-order valence-corrected chi connectivity index (χ3v) is 9.68. The van der Waals surface area contributed by atoms with Gasteiger partial charge in [-0.2, -0.15) is 0 Å². The van der Waals surface area contributed by atoms with E-state index in [1.807, 2.05) is 12.1 Å². The Hall–Kier alpha value is -2.51. The SMILES string of the molecule is NC(C(=O)NCC1(c2ccc(Cl)cc2F)CC1)C1C2CC3CC1CC(C(=O)Nc1ccncc1)(C3)C2. The van der Waals surface area contributed by atoms with Crippen LogP contribution in [0, 0.1) is 34.9 Å². The molecule has 1 aromatic carbocycles. The molecule has 0 spiro atoms. The second-order valence-corrected chi connectivity index (χ2v) is 12.1. The number of hydrogen-bond acceptors (Lipinski definition) is 4. The maximum Gasteiger partial charge on any atom is 0.237 e. The van der Waals surface area contributed by atoms with Gasteiger partial charge in [-0.05, 0) is 98.4 Å². The largest absolute Gasteiger partial charge is 0.354 e. The van der Waals surface area contributed by atoms with Crippen molar-refractivity contribution in [3.05, 3.63) is 59.1 Å². The Kier molecular flexibility index (Phi) is 5.84. The smallest absolute Gasteiger partial charge is 0.237 e. The first-order valence-corrected chi connectivity index (χ1v) is 13.4. The summed E-state index contributed by atoms with van der Waals surface area (Å²) in [4.78, 5) is 30.7. The van der Waals surface area contributed by atoms with Crippen LogP contribution in [0.5, 0.6) is 0 Å². The lowest BCUT2D eigenvalue weighted by molar-refractivity contribution is -0.151. The van der Waals surface area contributed by atoms with Crippen LogP contribution in [-0.4, -0.2) is 29.4 Å². The number of nitrogens with one attached hydrogen (secondary N) is 2. The minimum absolute atomic E-state index is 0.0748. The molecule has 4 bridgehead atoms. The summed E-state index contributed by atoms with van der Waals surface area (Å²) in [6.07, 6.45) is 9.55. The fourth-order valence-corrected chi connectivity index (χ4v) is 7.95. The zero-order valence-corrected chi connectivity index (χ0v) is 20.9. The molecule has 36 heavy (non-hydrogen) atoms. The van der Waals surface area contributed by atoms with E-state index < -0.39 is 6.04 Å². The molecule has 5 saturated carbocycles. The van der Waals surface area contributed by atoms with Crippen molar-refractivity contribution in [1.29, 1.82) is 0 Å². The number of carbonyl (C=O) groups excluding carboxylic acids is 2. The zero-order valence-electron chi connectivity index (χ0n) is 20.2. The molecule has 1 aromatic heterocycles. The van der Waals surface area contributed by atoms with Gasteiger partial charge in [0.05, 0.1) is 11.5 Å². The van der Waals surface area contributed by atoms with E-state index in [0.29, 0.717) is 23.0 Å². The molecule has 0 saturated heterocycles. The predicted octanol–water partition coefficient (Wildman–Crippen LogP) is 4.43. The number of amides is 2. The Morgan fingerprint density at radius 1 is 1.11 bits per heavy atom. The Morgan fingerprint density at radius 3 is 2.44 bits per heavy atom. The second-order valence-electron chi connectivity index (χ2n) is 11.7. The molecule has 5 fully saturated rings. The molecule has 1 heterocycles. The van der Waals surface area contributed by atoms with Crippen molar-refractivity contribution in [3.63, 3.8) is 0 Å². The fraction of sp³-hybridized carbons (Fsp3) is 0.536. The summed E-state index contributed by atoms with van der Waals surface area (Å²) in [7, 11) is 0. The average molecular weight is 511 g/mol. The van der Waals surface area contributed by atoms with Crippen LogP contribution < -0.4 is 16.4 Å². The van der Waals surface area contributed by atoms with E-state index >= 15 is 0 Å². The van der Waals surface area contributed by atoms with Crippen LogP contribution in [0.1, 0.15) is 50.5 Å². The molecule has 3 unspecified atom stereocenters. The molecule has 6 nitrogen and oxygen atoms in total. The Balaban J connectivity index is 1.12. The molecule has 190 valence electrons.